The molecule has 0 saturated carbocycles. The fourth-order valence-corrected chi connectivity index (χ4v) is 4.30. The first-order valence-corrected chi connectivity index (χ1v) is 11.7. The lowest BCUT2D eigenvalue weighted by atomic mass is 10.1. The van der Waals surface area contributed by atoms with Crippen LogP contribution in [0.15, 0.2) is 56.1 Å². The maximum atomic E-state index is 12.6. The predicted molar refractivity (Wildman–Crippen MR) is 129 cm³/mol. The van der Waals surface area contributed by atoms with Crippen molar-refractivity contribution in [3.05, 3.63) is 62.2 Å². The molecule has 178 valence electrons. The van der Waals surface area contributed by atoms with Crippen LogP contribution in [0, 0.1) is 5.92 Å². The minimum absolute atomic E-state index is 0.140. The summed E-state index contributed by atoms with van der Waals surface area (Å²) in [6.45, 7) is 0.752. The minimum Gasteiger partial charge on any atom is -0.490 e. The van der Waals surface area contributed by atoms with Crippen LogP contribution in [0.3, 0.4) is 0 Å². The van der Waals surface area contributed by atoms with Crippen LogP contribution in [0.1, 0.15) is 6.42 Å². The molecule has 2 heterocycles. The van der Waals surface area contributed by atoms with E-state index < -0.39 is 11.9 Å². The van der Waals surface area contributed by atoms with Gasteiger partial charge < -0.3 is 23.9 Å². The zero-order chi connectivity index (χ0) is 24.2. The molecule has 0 radical (unpaired) electrons. The first-order valence-electron chi connectivity index (χ1n) is 10.6. The number of carboxylic acids is 1. The predicted octanol–water partition coefficient (Wildman–Crippen LogP) is 4.20. The molecule has 0 spiro atoms. The van der Waals surface area contributed by atoms with Gasteiger partial charge in [0.05, 0.1) is 28.5 Å². The zero-order valence-electron chi connectivity index (χ0n) is 18.0. The van der Waals surface area contributed by atoms with E-state index in [9.17, 15) is 14.4 Å². The van der Waals surface area contributed by atoms with E-state index in [1.807, 2.05) is 0 Å². The summed E-state index contributed by atoms with van der Waals surface area (Å²) in [5.41, 5.74) is 0.644. The average Bonchev–Trinajstić information content (AvgIpc) is 3.30. The van der Waals surface area contributed by atoms with Crippen molar-refractivity contribution in [2.75, 3.05) is 32.9 Å². The van der Waals surface area contributed by atoms with Crippen LogP contribution in [0.4, 0.5) is 0 Å². The molecule has 1 saturated heterocycles. The second-order valence-electron chi connectivity index (χ2n) is 7.80. The van der Waals surface area contributed by atoms with Crippen molar-refractivity contribution < 1.29 is 28.6 Å². The highest BCUT2D eigenvalue weighted by Gasteiger charge is 2.30. The maximum absolute atomic E-state index is 12.6. The molecule has 1 N–H and O–H groups in total. The average molecular weight is 551 g/mol. The Morgan fingerprint density at radius 1 is 1.21 bits per heavy atom. The number of fused-ring (bicyclic) bond motifs is 1. The van der Waals surface area contributed by atoms with Crippen molar-refractivity contribution in [3.8, 4) is 17.1 Å². The summed E-state index contributed by atoms with van der Waals surface area (Å²) in [6, 6.07) is 11.7. The third-order valence-corrected chi connectivity index (χ3v) is 6.31. The number of ether oxygens (including phenoxy) is 2. The van der Waals surface area contributed by atoms with Gasteiger partial charge in [0.2, 0.25) is 5.91 Å². The third-order valence-electron chi connectivity index (χ3n) is 5.52. The van der Waals surface area contributed by atoms with Crippen molar-refractivity contribution >= 4 is 50.4 Å². The summed E-state index contributed by atoms with van der Waals surface area (Å²) in [7, 11) is 0. The Morgan fingerprint density at radius 2 is 2.03 bits per heavy atom. The molecule has 0 aliphatic carbocycles. The fourth-order valence-electron chi connectivity index (χ4n) is 3.74. The molecule has 1 amide bonds. The molecule has 3 aromatic rings. The molecule has 1 aliphatic heterocycles. The number of likely N-dealkylation sites (tertiary alicyclic amines) is 1. The maximum Gasteiger partial charge on any atom is 0.308 e. The van der Waals surface area contributed by atoms with Gasteiger partial charge >= 0.3 is 5.97 Å². The quantitative estimate of drug-likeness (QED) is 0.419. The number of nitrogens with zero attached hydrogens (tertiary/aromatic N) is 1. The van der Waals surface area contributed by atoms with Crippen LogP contribution in [0.25, 0.3) is 22.3 Å². The minimum atomic E-state index is -0.890. The molecule has 4 rings (SSSR count). The van der Waals surface area contributed by atoms with Gasteiger partial charge in [-0.05, 0) is 36.8 Å². The van der Waals surface area contributed by atoms with E-state index in [0.717, 1.165) is 4.47 Å². The van der Waals surface area contributed by atoms with Gasteiger partial charge in [0.15, 0.2) is 11.0 Å². The summed E-state index contributed by atoms with van der Waals surface area (Å²) < 4.78 is 18.0. The first kappa shape index (κ1) is 24.3. The van der Waals surface area contributed by atoms with E-state index >= 15 is 0 Å². The lowest BCUT2D eigenvalue weighted by Gasteiger charge is -2.16. The largest absolute Gasteiger partial charge is 0.490 e. The molecule has 1 atom stereocenters. The standard InChI is InChI=1S/C24H21BrClNO7/c25-15-4-5-17(21-11-19(28)16-2-1-3-18(26)23(16)34-21)20(10-15)33-9-8-32-13-22(29)27-7-6-14(12-27)24(30)31/h1-5,10-11,14H,6-9,12-13H2,(H,30,31)/t14-/m0/s1. The molecular formula is C24H21BrClNO7. The number of hydrogen-bond donors (Lipinski definition) is 1. The number of carboxylic acid groups (broad SMARTS) is 1. The lowest BCUT2D eigenvalue weighted by molar-refractivity contribution is -0.141. The van der Waals surface area contributed by atoms with Gasteiger partial charge in [-0.1, -0.05) is 33.6 Å². The van der Waals surface area contributed by atoms with Gasteiger partial charge in [0.25, 0.3) is 0 Å². The number of benzene rings is 2. The van der Waals surface area contributed by atoms with Crippen LogP contribution < -0.4 is 10.2 Å². The monoisotopic (exact) mass is 549 g/mol. The molecular weight excluding hydrogens is 530 g/mol. The van der Waals surface area contributed by atoms with E-state index in [4.69, 9.17) is 30.6 Å². The summed E-state index contributed by atoms with van der Waals surface area (Å²) >= 11 is 9.63. The Hall–Kier alpha value is -2.88. The SMILES string of the molecule is O=C(O)[C@H]1CCN(C(=O)COCCOc2cc(Br)ccc2-c2cc(=O)c3cccc(Cl)c3o2)C1. The highest BCUT2D eigenvalue weighted by molar-refractivity contribution is 9.10. The molecule has 8 nitrogen and oxygen atoms in total. The van der Waals surface area contributed by atoms with Crippen LogP contribution in [-0.4, -0.2) is 54.8 Å². The lowest BCUT2D eigenvalue weighted by Crippen LogP contribution is -2.33. The van der Waals surface area contributed by atoms with Gasteiger partial charge in [-0.2, -0.15) is 0 Å². The van der Waals surface area contributed by atoms with Crippen molar-refractivity contribution in [1.82, 2.24) is 4.90 Å². The van der Waals surface area contributed by atoms with Crippen molar-refractivity contribution in [2.45, 2.75) is 6.42 Å². The van der Waals surface area contributed by atoms with E-state index in [-0.39, 0.29) is 37.7 Å². The van der Waals surface area contributed by atoms with Crippen molar-refractivity contribution in [1.29, 1.82) is 0 Å². The topological polar surface area (TPSA) is 106 Å². The molecule has 34 heavy (non-hydrogen) atoms. The fraction of sp³-hybridized carbons (Fsp3) is 0.292. The van der Waals surface area contributed by atoms with Gasteiger partial charge in [-0.3, -0.25) is 14.4 Å². The number of carbonyl (C=O) groups excluding carboxylic acids is 1. The molecule has 0 bridgehead atoms. The van der Waals surface area contributed by atoms with Gasteiger partial charge in [0, 0.05) is 23.6 Å². The molecule has 1 aliphatic rings. The number of carbonyl (C=O) groups is 2. The molecule has 2 aromatic carbocycles. The van der Waals surface area contributed by atoms with Crippen LogP contribution in [-0.2, 0) is 14.3 Å². The van der Waals surface area contributed by atoms with Crippen LogP contribution in [0.2, 0.25) is 5.02 Å². The number of aliphatic carboxylic acids is 1. The van der Waals surface area contributed by atoms with E-state index in [0.29, 0.717) is 46.0 Å². The van der Waals surface area contributed by atoms with Crippen molar-refractivity contribution in [2.24, 2.45) is 5.92 Å². The highest BCUT2D eigenvalue weighted by atomic mass is 79.9. The number of amides is 1. The zero-order valence-corrected chi connectivity index (χ0v) is 20.3. The van der Waals surface area contributed by atoms with Crippen molar-refractivity contribution in [3.63, 3.8) is 0 Å². The molecule has 0 unspecified atom stereocenters. The smallest absolute Gasteiger partial charge is 0.308 e. The van der Waals surface area contributed by atoms with Gasteiger partial charge in [-0.25, -0.2) is 0 Å². The second kappa shape index (κ2) is 10.6. The highest BCUT2D eigenvalue weighted by Crippen LogP contribution is 2.34. The van der Waals surface area contributed by atoms with Gasteiger partial charge in [-0.15, -0.1) is 0 Å². The number of para-hydroxylation sites is 1. The Kier molecular flexibility index (Phi) is 7.55. The normalized spacial score (nSPS) is 15.6. The van der Waals surface area contributed by atoms with E-state index in [2.05, 4.69) is 15.9 Å². The Morgan fingerprint density at radius 3 is 2.79 bits per heavy atom. The number of hydrogen-bond acceptors (Lipinski definition) is 6. The second-order valence-corrected chi connectivity index (χ2v) is 9.12. The third kappa shape index (κ3) is 5.43. The van der Waals surface area contributed by atoms with Gasteiger partial charge in [0.1, 0.15) is 24.7 Å². The molecule has 10 heteroatoms. The molecule has 1 fully saturated rings. The summed E-state index contributed by atoms with van der Waals surface area (Å²) in [5.74, 6) is -0.887. The number of halogens is 2. The summed E-state index contributed by atoms with van der Waals surface area (Å²) in [6.07, 6.45) is 0.450. The Bertz CT molecular complexity index is 1290. The van der Waals surface area contributed by atoms with E-state index in [1.165, 1.54) is 11.0 Å². The summed E-state index contributed by atoms with van der Waals surface area (Å²) in [5, 5.41) is 9.78. The molecule has 1 aromatic heterocycles. The number of rotatable bonds is 8. The summed E-state index contributed by atoms with van der Waals surface area (Å²) in [4.78, 5) is 37.3. The van der Waals surface area contributed by atoms with E-state index in [1.54, 1.807) is 36.4 Å². The Balaban J connectivity index is 1.39. The first-order chi connectivity index (χ1) is 16.3. The van der Waals surface area contributed by atoms with Crippen LogP contribution >= 0.6 is 27.5 Å². The van der Waals surface area contributed by atoms with Crippen LogP contribution in [0.5, 0.6) is 5.75 Å². The Labute approximate surface area is 208 Å².